The molecule has 11 aromatic carbocycles. The lowest BCUT2D eigenvalue weighted by Crippen LogP contribution is -2.26. The van der Waals surface area contributed by atoms with Crippen LogP contribution in [0.5, 0.6) is 0 Å². The first-order chi connectivity index (χ1) is 36.7. The Labute approximate surface area is 430 Å². The second-order valence-electron chi connectivity index (χ2n) is 19.5. The van der Waals surface area contributed by atoms with Crippen LogP contribution in [0.25, 0.3) is 109 Å². The molecule has 1 spiro atoms. The number of thiophene rings is 1. The molecule has 16 rings (SSSR count). The molecule has 0 N–H and O–H groups in total. The lowest BCUT2D eigenvalue weighted by atomic mass is 9.70. The molecule has 2 aliphatic rings. The molecule has 14 aromatic rings. The molecule has 0 unspecified atom stereocenters. The van der Waals surface area contributed by atoms with Gasteiger partial charge in [-0.3, -0.25) is 0 Å². The average Bonchev–Trinajstić information content (AvgIpc) is 4.35. The second-order valence-corrected chi connectivity index (χ2v) is 20.6. The highest BCUT2D eigenvalue weighted by molar-refractivity contribution is 7.26. The lowest BCUT2D eigenvalue weighted by molar-refractivity contribution is 0.669. The fourth-order valence-corrected chi connectivity index (χ4v) is 13.7. The minimum Gasteiger partial charge on any atom is -0.456 e. The quantitative estimate of drug-likeness (QED) is 0.167. The summed E-state index contributed by atoms with van der Waals surface area (Å²) >= 11 is 1.85. The molecule has 0 aliphatic heterocycles. The SMILES string of the molecule is c1ccc(-c2cc3c(cc2N(c2ccc4c(c2)oc2ccc(-c5nc(-c6ccccc6)c6ccccc6n5)cc24)c2cccc4c2sc2ccccc24)C2(c4ccccc4-c4ccccc42)c2ccccc2-3)cc1. The van der Waals surface area contributed by atoms with Crippen molar-refractivity contribution in [1.29, 1.82) is 0 Å². The van der Waals surface area contributed by atoms with Crippen molar-refractivity contribution in [2.75, 3.05) is 4.90 Å². The maximum absolute atomic E-state index is 6.93. The molecule has 3 aromatic heterocycles. The van der Waals surface area contributed by atoms with Gasteiger partial charge in [0, 0.05) is 60.1 Å². The van der Waals surface area contributed by atoms with E-state index in [4.69, 9.17) is 14.4 Å². The van der Waals surface area contributed by atoms with Crippen molar-refractivity contribution in [1.82, 2.24) is 9.97 Å². The van der Waals surface area contributed by atoms with Gasteiger partial charge in [0.15, 0.2) is 5.82 Å². The van der Waals surface area contributed by atoms with E-state index in [1.807, 2.05) is 23.5 Å². The van der Waals surface area contributed by atoms with E-state index in [0.717, 1.165) is 77.9 Å². The molecule has 0 bridgehead atoms. The number of nitrogens with zero attached hydrogens (tertiary/aromatic N) is 3. The monoisotopic (exact) mass is 959 g/mol. The Morgan fingerprint density at radius 3 is 1.76 bits per heavy atom. The highest BCUT2D eigenvalue weighted by Crippen LogP contribution is 2.64. The van der Waals surface area contributed by atoms with Crippen LogP contribution in [0.4, 0.5) is 17.1 Å². The van der Waals surface area contributed by atoms with Crippen molar-refractivity contribution in [2.24, 2.45) is 0 Å². The van der Waals surface area contributed by atoms with E-state index in [1.54, 1.807) is 0 Å². The molecular weight excluding hydrogens is 919 g/mol. The summed E-state index contributed by atoms with van der Waals surface area (Å²) in [5.41, 5.74) is 20.7. The van der Waals surface area contributed by atoms with Gasteiger partial charge < -0.3 is 9.32 Å². The second kappa shape index (κ2) is 15.8. The average molecular weight is 960 g/mol. The number of rotatable bonds is 6. The molecular formula is C69H41N3OS. The molecule has 0 fully saturated rings. The fourth-order valence-electron chi connectivity index (χ4n) is 12.5. The van der Waals surface area contributed by atoms with Crippen LogP contribution in [0, 0.1) is 0 Å². The zero-order valence-corrected chi connectivity index (χ0v) is 40.6. The Balaban J connectivity index is 0.953. The summed E-state index contributed by atoms with van der Waals surface area (Å²) in [7, 11) is 0. The van der Waals surface area contributed by atoms with Gasteiger partial charge in [0.25, 0.3) is 0 Å². The Hall–Kier alpha value is -9.42. The molecule has 0 saturated carbocycles. The van der Waals surface area contributed by atoms with Gasteiger partial charge in [0.2, 0.25) is 0 Å². The molecule has 344 valence electrons. The summed E-state index contributed by atoms with van der Waals surface area (Å²) in [5, 5.41) is 5.57. The van der Waals surface area contributed by atoms with Crippen molar-refractivity contribution in [2.45, 2.75) is 5.41 Å². The van der Waals surface area contributed by atoms with E-state index in [2.05, 4.69) is 241 Å². The zero-order valence-electron chi connectivity index (χ0n) is 39.8. The molecule has 74 heavy (non-hydrogen) atoms. The van der Waals surface area contributed by atoms with Crippen LogP contribution in [0.15, 0.2) is 253 Å². The maximum Gasteiger partial charge on any atom is 0.160 e. The van der Waals surface area contributed by atoms with Crippen LogP contribution in [-0.4, -0.2) is 9.97 Å². The minimum atomic E-state index is -0.532. The summed E-state index contributed by atoms with van der Waals surface area (Å²) in [5.74, 6) is 0.676. The van der Waals surface area contributed by atoms with E-state index in [-0.39, 0.29) is 0 Å². The zero-order chi connectivity index (χ0) is 48.5. The van der Waals surface area contributed by atoms with Crippen LogP contribution in [0.1, 0.15) is 22.3 Å². The molecule has 3 heterocycles. The smallest absolute Gasteiger partial charge is 0.160 e. The Morgan fingerprint density at radius 2 is 1.00 bits per heavy atom. The molecule has 0 amide bonds. The molecule has 5 heteroatoms. The van der Waals surface area contributed by atoms with Gasteiger partial charge in [-0.15, -0.1) is 11.3 Å². The predicted octanol–water partition coefficient (Wildman–Crippen LogP) is 18.7. The van der Waals surface area contributed by atoms with Crippen molar-refractivity contribution >= 4 is 81.4 Å². The van der Waals surface area contributed by atoms with E-state index in [1.165, 1.54) is 64.7 Å². The van der Waals surface area contributed by atoms with Gasteiger partial charge >= 0.3 is 0 Å². The molecule has 2 aliphatic carbocycles. The fraction of sp³-hybridized carbons (Fsp3) is 0.0145. The Morgan fingerprint density at radius 1 is 0.365 bits per heavy atom. The first-order valence-corrected chi connectivity index (χ1v) is 26.0. The van der Waals surface area contributed by atoms with Crippen LogP contribution in [0.2, 0.25) is 0 Å². The topological polar surface area (TPSA) is 42.2 Å². The summed E-state index contributed by atoms with van der Waals surface area (Å²) in [6.45, 7) is 0. The van der Waals surface area contributed by atoms with Crippen molar-refractivity contribution < 1.29 is 4.42 Å². The molecule has 0 saturated heterocycles. The molecule has 0 radical (unpaired) electrons. The van der Waals surface area contributed by atoms with Crippen LogP contribution < -0.4 is 4.90 Å². The Kier molecular flexibility index (Phi) is 8.80. The third-order valence-corrected chi connectivity index (χ3v) is 16.9. The van der Waals surface area contributed by atoms with Crippen molar-refractivity contribution in [3.8, 4) is 56.0 Å². The number of fused-ring (bicyclic) bond motifs is 17. The number of hydrogen-bond acceptors (Lipinski definition) is 5. The highest BCUT2D eigenvalue weighted by Gasteiger charge is 2.52. The van der Waals surface area contributed by atoms with Crippen LogP contribution in [-0.2, 0) is 5.41 Å². The maximum atomic E-state index is 6.93. The summed E-state index contributed by atoms with van der Waals surface area (Å²) in [6.07, 6.45) is 0. The normalized spacial score (nSPS) is 13.0. The van der Waals surface area contributed by atoms with E-state index in [9.17, 15) is 0 Å². The third-order valence-electron chi connectivity index (χ3n) is 15.7. The molecule has 4 nitrogen and oxygen atoms in total. The number of aromatic nitrogens is 2. The van der Waals surface area contributed by atoms with E-state index < -0.39 is 5.41 Å². The number of para-hydroxylation sites is 1. The number of anilines is 3. The summed E-state index contributed by atoms with van der Waals surface area (Å²) < 4.78 is 9.41. The van der Waals surface area contributed by atoms with Crippen LogP contribution in [0.3, 0.4) is 0 Å². The Bertz CT molecular complexity index is 4580. The van der Waals surface area contributed by atoms with Gasteiger partial charge in [0.05, 0.1) is 32.7 Å². The van der Waals surface area contributed by atoms with Gasteiger partial charge in [-0.1, -0.05) is 182 Å². The van der Waals surface area contributed by atoms with Gasteiger partial charge in [-0.05, 0) is 111 Å². The predicted molar refractivity (Wildman–Crippen MR) is 307 cm³/mol. The van der Waals surface area contributed by atoms with Crippen molar-refractivity contribution in [3.63, 3.8) is 0 Å². The summed E-state index contributed by atoms with van der Waals surface area (Å²) in [6, 6.07) is 90.5. The first kappa shape index (κ1) is 41.2. The largest absolute Gasteiger partial charge is 0.456 e. The van der Waals surface area contributed by atoms with Gasteiger partial charge in [-0.25, -0.2) is 9.97 Å². The van der Waals surface area contributed by atoms with E-state index >= 15 is 0 Å². The summed E-state index contributed by atoms with van der Waals surface area (Å²) in [4.78, 5) is 12.9. The number of furan rings is 1. The van der Waals surface area contributed by atoms with Gasteiger partial charge in [0.1, 0.15) is 11.2 Å². The minimum absolute atomic E-state index is 0.532. The van der Waals surface area contributed by atoms with Crippen LogP contribution >= 0.6 is 11.3 Å². The number of hydrogen-bond donors (Lipinski definition) is 0. The lowest BCUT2D eigenvalue weighted by Gasteiger charge is -2.33. The standard InChI is InChI=1S/C69H41N3OS/c1-3-18-42(19-4-1)53-40-54-48-24-9-14-30-58(48)69(56-28-12-7-22-46(56)47-23-8-13-29-57(47)69)59(54)41-62(53)72(61-32-17-27-51-50-25-11-16-33-65(50)74-67(51)61)45-35-36-49-55-38-44(34-37-63(55)73-64(49)39-45)68-70-60-31-15-10-26-52(60)66(71-68)43-20-5-2-6-21-43/h1-41H. The molecule has 0 atom stereocenters. The highest BCUT2D eigenvalue weighted by atomic mass is 32.1. The van der Waals surface area contributed by atoms with E-state index in [0.29, 0.717) is 5.82 Å². The number of benzene rings is 11. The first-order valence-electron chi connectivity index (χ1n) is 25.2. The van der Waals surface area contributed by atoms with Gasteiger partial charge in [-0.2, -0.15) is 0 Å². The van der Waals surface area contributed by atoms with Crippen molar-refractivity contribution in [3.05, 3.63) is 271 Å². The third kappa shape index (κ3) is 5.84.